The Morgan fingerprint density at radius 2 is 1.44 bits per heavy atom. The molecule has 0 aliphatic heterocycles. The van der Waals surface area contributed by atoms with E-state index in [4.69, 9.17) is 0 Å². The number of isothiocyanates is 1. The molecule has 18 heavy (non-hydrogen) atoms. The molecule has 2 aromatic carbocycles. The summed E-state index contributed by atoms with van der Waals surface area (Å²) in [6, 6.07) is 18.8. The second kappa shape index (κ2) is 5.26. The zero-order chi connectivity index (χ0) is 13.0. The van der Waals surface area contributed by atoms with Gasteiger partial charge in [0.15, 0.2) is 0 Å². The van der Waals surface area contributed by atoms with Gasteiger partial charge in [-0.3, -0.25) is 0 Å². The molecule has 0 amide bonds. The lowest BCUT2D eigenvalue weighted by Gasteiger charge is -2.18. The van der Waals surface area contributed by atoms with Crippen LogP contribution in [-0.2, 0) is 5.54 Å². The topological polar surface area (TPSA) is 12.4 Å². The van der Waals surface area contributed by atoms with Gasteiger partial charge in [-0.1, -0.05) is 54.6 Å². The van der Waals surface area contributed by atoms with E-state index in [9.17, 15) is 0 Å². The summed E-state index contributed by atoms with van der Waals surface area (Å²) >= 11 is 4.69. The molecule has 0 unspecified atom stereocenters. The van der Waals surface area contributed by atoms with Crippen molar-refractivity contribution < 1.29 is 0 Å². The van der Waals surface area contributed by atoms with E-state index in [-0.39, 0.29) is 5.54 Å². The monoisotopic (exact) mass is 253 g/mol. The quantitative estimate of drug-likeness (QED) is 0.571. The molecule has 0 spiro atoms. The molecule has 0 aromatic heterocycles. The van der Waals surface area contributed by atoms with Gasteiger partial charge in [0, 0.05) is 0 Å². The van der Waals surface area contributed by atoms with Crippen molar-refractivity contribution in [1.29, 1.82) is 0 Å². The molecule has 0 saturated heterocycles. The average molecular weight is 253 g/mol. The molecule has 0 aliphatic rings. The van der Waals surface area contributed by atoms with Crippen molar-refractivity contribution in [2.75, 3.05) is 0 Å². The van der Waals surface area contributed by atoms with Gasteiger partial charge in [0.2, 0.25) is 0 Å². The van der Waals surface area contributed by atoms with E-state index in [1.54, 1.807) is 0 Å². The van der Waals surface area contributed by atoms with Gasteiger partial charge in [-0.15, -0.1) is 0 Å². The van der Waals surface area contributed by atoms with Crippen LogP contribution in [0.3, 0.4) is 0 Å². The summed E-state index contributed by atoms with van der Waals surface area (Å²) in [4.78, 5) is 4.19. The van der Waals surface area contributed by atoms with Crippen molar-refractivity contribution in [2.24, 2.45) is 4.99 Å². The molecule has 0 aliphatic carbocycles. The summed E-state index contributed by atoms with van der Waals surface area (Å²) in [7, 11) is 0. The number of nitrogens with zero attached hydrogens (tertiary/aromatic N) is 1. The fraction of sp³-hybridized carbons (Fsp3) is 0.188. The third-order valence-electron chi connectivity index (χ3n) is 3.02. The Bertz CT molecular complexity index is 564. The van der Waals surface area contributed by atoms with Crippen molar-refractivity contribution >= 4 is 17.4 Å². The number of thiocarbonyl (C=S) groups is 1. The predicted octanol–water partition coefficient (Wildman–Crippen LogP) is 4.69. The molecular weight excluding hydrogens is 238 g/mol. The molecule has 0 saturated carbocycles. The van der Waals surface area contributed by atoms with Gasteiger partial charge in [0.05, 0.1) is 10.7 Å². The smallest absolute Gasteiger partial charge is 0.0903 e. The highest BCUT2D eigenvalue weighted by Crippen LogP contribution is 2.27. The first-order valence-corrected chi connectivity index (χ1v) is 6.29. The highest BCUT2D eigenvalue weighted by Gasteiger charge is 2.18. The molecule has 0 bridgehead atoms. The molecule has 0 atom stereocenters. The molecule has 0 N–H and O–H groups in total. The van der Waals surface area contributed by atoms with Gasteiger partial charge in [-0.05, 0) is 42.8 Å². The number of benzene rings is 2. The minimum atomic E-state index is -0.309. The molecule has 2 heteroatoms. The largest absolute Gasteiger partial charge is 0.222 e. The van der Waals surface area contributed by atoms with Crippen LogP contribution in [0, 0.1) is 0 Å². The number of hydrogen-bond donors (Lipinski definition) is 0. The van der Waals surface area contributed by atoms with Crippen molar-refractivity contribution in [3.05, 3.63) is 60.2 Å². The van der Waals surface area contributed by atoms with E-state index in [1.807, 2.05) is 32.0 Å². The zero-order valence-corrected chi connectivity index (χ0v) is 11.4. The van der Waals surface area contributed by atoms with Crippen LogP contribution in [0.25, 0.3) is 11.1 Å². The van der Waals surface area contributed by atoms with E-state index < -0.39 is 0 Å². The molecule has 0 heterocycles. The minimum absolute atomic E-state index is 0.309. The van der Waals surface area contributed by atoms with Crippen LogP contribution in [0.15, 0.2) is 59.6 Å². The Balaban J connectivity index is 2.34. The van der Waals surface area contributed by atoms with E-state index in [0.717, 1.165) is 5.56 Å². The van der Waals surface area contributed by atoms with E-state index >= 15 is 0 Å². The lowest BCUT2D eigenvalue weighted by atomic mass is 9.93. The maximum absolute atomic E-state index is 4.69. The van der Waals surface area contributed by atoms with Crippen LogP contribution < -0.4 is 0 Å². The van der Waals surface area contributed by atoms with Gasteiger partial charge in [-0.2, -0.15) is 0 Å². The lowest BCUT2D eigenvalue weighted by molar-refractivity contribution is 0.563. The highest BCUT2D eigenvalue weighted by atomic mass is 32.1. The van der Waals surface area contributed by atoms with Crippen LogP contribution in [0.1, 0.15) is 19.4 Å². The van der Waals surface area contributed by atoms with Crippen LogP contribution in [-0.4, -0.2) is 5.16 Å². The van der Waals surface area contributed by atoms with Gasteiger partial charge in [-0.25, -0.2) is 4.99 Å². The summed E-state index contributed by atoms with van der Waals surface area (Å²) in [5.41, 5.74) is 3.26. The first kappa shape index (κ1) is 12.7. The average Bonchev–Trinajstić information content (AvgIpc) is 2.40. The molecule has 0 fully saturated rings. The van der Waals surface area contributed by atoms with Gasteiger partial charge >= 0.3 is 0 Å². The molecule has 2 aromatic rings. The fourth-order valence-corrected chi connectivity index (χ4v) is 2.11. The normalized spacial score (nSPS) is 10.8. The van der Waals surface area contributed by atoms with E-state index in [2.05, 4.69) is 58.8 Å². The van der Waals surface area contributed by atoms with Crippen molar-refractivity contribution in [3.63, 3.8) is 0 Å². The molecule has 90 valence electrons. The second-order valence-electron chi connectivity index (χ2n) is 4.71. The Hall–Kier alpha value is -1.76. The zero-order valence-electron chi connectivity index (χ0n) is 10.6. The second-order valence-corrected chi connectivity index (χ2v) is 4.89. The first-order valence-electron chi connectivity index (χ1n) is 5.88. The number of aliphatic imine (C=N–C) groups is 1. The number of hydrogen-bond acceptors (Lipinski definition) is 2. The van der Waals surface area contributed by atoms with Crippen molar-refractivity contribution in [3.8, 4) is 11.1 Å². The summed E-state index contributed by atoms with van der Waals surface area (Å²) in [5, 5.41) is 2.46. The Morgan fingerprint density at radius 1 is 0.889 bits per heavy atom. The maximum atomic E-state index is 4.69. The maximum Gasteiger partial charge on any atom is 0.0903 e. The third-order valence-corrected chi connectivity index (χ3v) is 3.11. The van der Waals surface area contributed by atoms with Gasteiger partial charge in [0.25, 0.3) is 0 Å². The van der Waals surface area contributed by atoms with E-state index in [1.165, 1.54) is 11.1 Å². The van der Waals surface area contributed by atoms with Crippen molar-refractivity contribution in [1.82, 2.24) is 0 Å². The first-order chi connectivity index (χ1) is 8.63. The Kier molecular flexibility index (Phi) is 3.71. The van der Waals surface area contributed by atoms with E-state index in [0.29, 0.717) is 0 Å². The SMILES string of the molecule is CC(C)(N=C=S)c1ccc(-c2ccccc2)cc1. The van der Waals surface area contributed by atoms with Gasteiger partial charge < -0.3 is 0 Å². The van der Waals surface area contributed by atoms with Gasteiger partial charge in [0.1, 0.15) is 0 Å². The lowest BCUT2D eigenvalue weighted by Crippen LogP contribution is -2.12. The summed E-state index contributed by atoms with van der Waals surface area (Å²) in [5.74, 6) is 0. The highest BCUT2D eigenvalue weighted by molar-refractivity contribution is 7.78. The molecular formula is C16H15NS. The van der Waals surface area contributed by atoms with Crippen LogP contribution in [0.4, 0.5) is 0 Å². The summed E-state index contributed by atoms with van der Waals surface area (Å²) in [6.45, 7) is 4.06. The standard InChI is InChI=1S/C16H15NS/c1-16(2,17-12-18)15-10-8-14(9-11-15)13-6-4-3-5-7-13/h3-11H,1-2H3. The van der Waals surface area contributed by atoms with Crippen LogP contribution >= 0.6 is 12.2 Å². The Labute approximate surface area is 113 Å². The number of rotatable bonds is 3. The molecule has 2 rings (SSSR count). The fourth-order valence-electron chi connectivity index (χ4n) is 1.88. The third kappa shape index (κ3) is 2.73. The summed E-state index contributed by atoms with van der Waals surface area (Å²) in [6.07, 6.45) is 0. The van der Waals surface area contributed by atoms with Crippen LogP contribution in [0.5, 0.6) is 0 Å². The minimum Gasteiger partial charge on any atom is -0.222 e. The molecule has 0 radical (unpaired) electrons. The summed E-state index contributed by atoms with van der Waals surface area (Å²) < 4.78 is 0. The van der Waals surface area contributed by atoms with Crippen LogP contribution in [0.2, 0.25) is 0 Å². The predicted molar refractivity (Wildman–Crippen MR) is 79.9 cm³/mol. The Morgan fingerprint density at radius 3 is 2.00 bits per heavy atom. The van der Waals surface area contributed by atoms with Crippen molar-refractivity contribution in [2.45, 2.75) is 19.4 Å². The molecule has 1 nitrogen and oxygen atoms in total.